The number of imidazole rings is 1. The van der Waals surface area contributed by atoms with Crippen molar-refractivity contribution < 1.29 is 4.79 Å². The number of anilines is 2. The van der Waals surface area contributed by atoms with Gasteiger partial charge in [0.15, 0.2) is 0 Å². The summed E-state index contributed by atoms with van der Waals surface area (Å²) in [5.41, 5.74) is 3.19. The van der Waals surface area contributed by atoms with Gasteiger partial charge in [-0.05, 0) is 30.5 Å². The van der Waals surface area contributed by atoms with Crippen LogP contribution in [0.25, 0.3) is 4.96 Å². The van der Waals surface area contributed by atoms with E-state index in [0.717, 1.165) is 39.9 Å². The van der Waals surface area contributed by atoms with Crippen LogP contribution in [0.4, 0.5) is 10.8 Å². The Morgan fingerprint density at radius 3 is 2.56 bits per heavy atom. The maximum atomic E-state index is 11.8. The Morgan fingerprint density at radius 1 is 1.30 bits per heavy atom. The first-order valence-electron chi connectivity index (χ1n) is 9.29. The molecule has 1 aliphatic carbocycles. The molecule has 0 bridgehead atoms. The number of aromatic nitrogens is 3. The summed E-state index contributed by atoms with van der Waals surface area (Å²) in [6.07, 6.45) is 4.25. The first-order valence-corrected chi connectivity index (χ1v) is 10.1. The van der Waals surface area contributed by atoms with Crippen LogP contribution in [0.3, 0.4) is 0 Å². The van der Waals surface area contributed by atoms with Crippen LogP contribution in [-0.2, 0) is 16.8 Å². The van der Waals surface area contributed by atoms with Crippen molar-refractivity contribution in [2.24, 2.45) is 0 Å². The van der Waals surface area contributed by atoms with Gasteiger partial charge < -0.3 is 10.2 Å². The number of amides is 1. The molecule has 1 N–H and O–H groups in total. The summed E-state index contributed by atoms with van der Waals surface area (Å²) in [6, 6.07) is 8.63. The molecule has 0 radical (unpaired) electrons. The summed E-state index contributed by atoms with van der Waals surface area (Å²) in [5.74, 6) is 0.153. The number of carbonyl (C=O) groups excluding carboxylic acids is 1. The van der Waals surface area contributed by atoms with Crippen molar-refractivity contribution in [3.8, 4) is 0 Å². The molecule has 27 heavy (non-hydrogen) atoms. The average molecular weight is 384 g/mol. The molecule has 1 aromatic carbocycles. The molecule has 1 aliphatic rings. The Hall–Kier alpha value is -2.41. The topological polar surface area (TPSA) is 62.5 Å². The quantitative estimate of drug-likeness (QED) is 0.712. The van der Waals surface area contributed by atoms with Gasteiger partial charge in [-0.25, -0.2) is 9.50 Å². The SMILES string of the molecule is CC(=O)N(Cc1ccc(Nc2nn3cc(C(C)(C)C)nc3s2)cc1)C1CC1. The molecule has 1 fully saturated rings. The van der Waals surface area contributed by atoms with Gasteiger partial charge in [0.1, 0.15) is 0 Å². The lowest BCUT2D eigenvalue weighted by atomic mass is 9.93. The predicted molar refractivity (Wildman–Crippen MR) is 109 cm³/mol. The van der Waals surface area contributed by atoms with Crippen molar-refractivity contribution in [3.63, 3.8) is 0 Å². The van der Waals surface area contributed by atoms with Crippen LogP contribution >= 0.6 is 11.3 Å². The number of fused-ring (bicyclic) bond motifs is 1. The van der Waals surface area contributed by atoms with Crippen LogP contribution in [0.15, 0.2) is 30.5 Å². The average Bonchev–Trinajstić information content (AvgIpc) is 3.23. The largest absolute Gasteiger partial charge is 0.336 e. The number of carbonyl (C=O) groups is 1. The van der Waals surface area contributed by atoms with Gasteiger partial charge in [0.2, 0.25) is 16.0 Å². The molecule has 2 heterocycles. The molecule has 3 aromatic rings. The summed E-state index contributed by atoms with van der Waals surface area (Å²) in [7, 11) is 0. The molecule has 1 amide bonds. The summed E-state index contributed by atoms with van der Waals surface area (Å²) in [6.45, 7) is 8.78. The summed E-state index contributed by atoms with van der Waals surface area (Å²) < 4.78 is 1.84. The van der Waals surface area contributed by atoms with Crippen molar-refractivity contribution in [2.75, 3.05) is 5.32 Å². The Kier molecular flexibility index (Phi) is 4.42. The van der Waals surface area contributed by atoms with Crippen molar-refractivity contribution in [2.45, 2.75) is 58.5 Å². The van der Waals surface area contributed by atoms with Gasteiger partial charge in [-0.15, -0.1) is 5.10 Å². The molecule has 6 nitrogen and oxygen atoms in total. The Labute approximate surface area is 163 Å². The van der Waals surface area contributed by atoms with Gasteiger partial charge in [0, 0.05) is 30.6 Å². The van der Waals surface area contributed by atoms with Crippen LogP contribution in [0.1, 0.15) is 51.8 Å². The Balaban J connectivity index is 1.44. The zero-order valence-corrected chi connectivity index (χ0v) is 17.0. The summed E-state index contributed by atoms with van der Waals surface area (Å²) in [5, 5.41) is 8.73. The summed E-state index contributed by atoms with van der Waals surface area (Å²) >= 11 is 1.54. The number of hydrogen-bond acceptors (Lipinski definition) is 5. The van der Waals surface area contributed by atoms with Crippen LogP contribution in [0.2, 0.25) is 0 Å². The molecule has 142 valence electrons. The van der Waals surface area contributed by atoms with Crippen molar-refractivity contribution in [1.82, 2.24) is 19.5 Å². The molecule has 7 heteroatoms. The van der Waals surface area contributed by atoms with E-state index in [0.29, 0.717) is 12.6 Å². The second-order valence-corrected chi connectivity index (χ2v) is 9.17. The van der Waals surface area contributed by atoms with Gasteiger partial charge in [-0.3, -0.25) is 4.79 Å². The fraction of sp³-hybridized carbons (Fsp3) is 0.450. The standard InChI is InChI=1S/C20H25N5OS/c1-13(26)24(16-9-10-16)11-14-5-7-15(8-6-14)21-18-23-25-12-17(20(2,3)4)22-19(25)27-18/h5-8,12,16H,9-11H2,1-4H3,(H,21,23). The smallest absolute Gasteiger partial charge is 0.219 e. The van der Waals surface area contributed by atoms with Gasteiger partial charge in [0.25, 0.3) is 0 Å². The monoisotopic (exact) mass is 383 g/mol. The second-order valence-electron chi connectivity index (χ2n) is 8.21. The molecule has 0 spiro atoms. The highest BCUT2D eigenvalue weighted by Gasteiger charge is 2.30. The lowest BCUT2D eigenvalue weighted by Gasteiger charge is -2.20. The Morgan fingerprint density at radius 2 is 2.00 bits per heavy atom. The first kappa shape index (κ1) is 18.0. The highest BCUT2D eigenvalue weighted by molar-refractivity contribution is 7.20. The molecule has 0 saturated heterocycles. The van der Waals surface area contributed by atoms with E-state index in [4.69, 9.17) is 0 Å². The highest BCUT2D eigenvalue weighted by atomic mass is 32.1. The van der Waals surface area contributed by atoms with Gasteiger partial charge >= 0.3 is 0 Å². The van der Waals surface area contributed by atoms with E-state index in [9.17, 15) is 4.79 Å². The molecule has 2 aromatic heterocycles. The maximum Gasteiger partial charge on any atom is 0.219 e. The predicted octanol–water partition coefficient (Wildman–Crippen LogP) is 4.34. The van der Waals surface area contributed by atoms with E-state index < -0.39 is 0 Å². The lowest BCUT2D eigenvalue weighted by molar-refractivity contribution is -0.130. The third kappa shape index (κ3) is 3.98. The fourth-order valence-electron chi connectivity index (χ4n) is 3.01. The molecule has 0 atom stereocenters. The molecule has 1 saturated carbocycles. The van der Waals surface area contributed by atoms with E-state index in [2.05, 4.69) is 48.3 Å². The molecule has 0 unspecified atom stereocenters. The number of hydrogen-bond donors (Lipinski definition) is 1. The summed E-state index contributed by atoms with van der Waals surface area (Å²) in [4.78, 5) is 19.3. The minimum atomic E-state index is 0.0189. The maximum absolute atomic E-state index is 11.8. The lowest BCUT2D eigenvalue weighted by Crippen LogP contribution is -2.30. The zero-order chi connectivity index (χ0) is 19.2. The van der Waals surface area contributed by atoms with E-state index in [1.54, 1.807) is 6.92 Å². The second kappa shape index (κ2) is 6.64. The highest BCUT2D eigenvalue weighted by Crippen LogP contribution is 2.29. The third-order valence-electron chi connectivity index (χ3n) is 4.76. The van der Waals surface area contributed by atoms with Gasteiger partial charge in [-0.1, -0.05) is 44.2 Å². The number of nitrogens with zero attached hydrogens (tertiary/aromatic N) is 4. The van der Waals surface area contributed by atoms with Gasteiger partial charge in [-0.2, -0.15) is 0 Å². The van der Waals surface area contributed by atoms with E-state index in [-0.39, 0.29) is 11.3 Å². The van der Waals surface area contributed by atoms with E-state index >= 15 is 0 Å². The van der Waals surface area contributed by atoms with E-state index in [1.807, 2.05) is 27.7 Å². The molecular weight excluding hydrogens is 358 g/mol. The number of nitrogens with one attached hydrogen (secondary N) is 1. The minimum Gasteiger partial charge on any atom is -0.336 e. The number of benzene rings is 1. The first-order chi connectivity index (χ1) is 12.8. The van der Waals surface area contributed by atoms with Crippen LogP contribution < -0.4 is 5.32 Å². The third-order valence-corrected chi connectivity index (χ3v) is 5.60. The Bertz CT molecular complexity index is 931. The number of rotatable bonds is 5. The van der Waals surface area contributed by atoms with Crippen LogP contribution in [0.5, 0.6) is 0 Å². The van der Waals surface area contributed by atoms with Crippen LogP contribution in [0, 0.1) is 0 Å². The molecule has 4 rings (SSSR count). The van der Waals surface area contributed by atoms with E-state index in [1.165, 1.54) is 11.3 Å². The van der Waals surface area contributed by atoms with Crippen molar-refractivity contribution in [3.05, 3.63) is 41.7 Å². The van der Waals surface area contributed by atoms with Gasteiger partial charge in [0.05, 0.1) is 11.9 Å². The minimum absolute atomic E-state index is 0.0189. The normalized spacial score (nSPS) is 14.5. The molecular formula is C20H25N5OS. The van der Waals surface area contributed by atoms with Crippen molar-refractivity contribution >= 4 is 33.0 Å². The van der Waals surface area contributed by atoms with Crippen molar-refractivity contribution in [1.29, 1.82) is 0 Å². The van der Waals surface area contributed by atoms with Crippen LogP contribution in [-0.4, -0.2) is 31.4 Å². The fourth-order valence-corrected chi connectivity index (χ4v) is 3.81. The zero-order valence-electron chi connectivity index (χ0n) is 16.2. The molecule has 0 aliphatic heterocycles.